The third-order valence-corrected chi connectivity index (χ3v) is 7.40. The maximum absolute atomic E-state index is 12.7. The van der Waals surface area contributed by atoms with E-state index in [1.165, 1.54) is 11.3 Å². The molecule has 0 aromatic carbocycles. The monoisotopic (exact) mass is 433 g/mol. The molecule has 0 radical (unpaired) electrons. The van der Waals surface area contributed by atoms with Crippen molar-refractivity contribution >= 4 is 56.9 Å². The Morgan fingerprint density at radius 3 is 2.83 bits per heavy atom. The summed E-state index contributed by atoms with van der Waals surface area (Å²) >= 11 is 6.62. The zero-order valence-corrected chi connectivity index (χ0v) is 16.3. The number of aromatic nitrogens is 1. The van der Waals surface area contributed by atoms with Crippen LogP contribution in [0.5, 0.6) is 0 Å². The maximum atomic E-state index is 12.7. The van der Waals surface area contributed by atoms with Crippen LogP contribution in [0, 0.1) is 11.8 Å². The summed E-state index contributed by atoms with van der Waals surface area (Å²) in [5.41, 5.74) is 6.72. The van der Waals surface area contributed by atoms with E-state index in [0.29, 0.717) is 17.5 Å². The van der Waals surface area contributed by atoms with Crippen LogP contribution in [0.2, 0.25) is 0 Å². The molecule has 2 aromatic rings. The molecule has 0 bridgehead atoms. The van der Waals surface area contributed by atoms with Crippen molar-refractivity contribution in [1.29, 1.82) is 0 Å². The third-order valence-electron chi connectivity index (χ3n) is 4.70. The first-order valence-corrected chi connectivity index (χ1v) is 9.92. The molecule has 8 heteroatoms. The van der Waals surface area contributed by atoms with Crippen molar-refractivity contribution in [3.05, 3.63) is 27.0 Å². The number of nitrogens with zero attached hydrogens (tertiary/aromatic N) is 2. The van der Waals surface area contributed by atoms with Gasteiger partial charge in [0.1, 0.15) is 10.7 Å². The molecule has 2 N–H and O–H groups in total. The minimum atomic E-state index is 0. The topological polar surface area (TPSA) is 59.2 Å². The Morgan fingerprint density at radius 1 is 1.30 bits per heavy atom. The van der Waals surface area contributed by atoms with E-state index in [9.17, 15) is 4.79 Å². The molecule has 3 unspecified atom stereocenters. The number of thiazole rings is 1. The lowest BCUT2D eigenvalue weighted by Crippen LogP contribution is -2.33. The van der Waals surface area contributed by atoms with E-state index in [0.717, 1.165) is 40.3 Å². The zero-order chi connectivity index (χ0) is 15.3. The van der Waals surface area contributed by atoms with Gasteiger partial charge in [0.2, 0.25) is 0 Å². The first kappa shape index (κ1) is 17.4. The Morgan fingerprint density at radius 2 is 2.13 bits per heavy atom. The zero-order valence-electron chi connectivity index (χ0n) is 12.3. The second-order valence-electron chi connectivity index (χ2n) is 6.04. The lowest BCUT2D eigenvalue weighted by atomic mass is 9.98. The summed E-state index contributed by atoms with van der Waals surface area (Å²) in [5.74, 6) is 1.13. The van der Waals surface area contributed by atoms with Crippen LogP contribution in [0.4, 0.5) is 0 Å². The van der Waals surface area contributed by atoms with E-state index in [2.05, 4.69) is 20.9 Å². The lowest BCUT2D eigenvalue weighted by Gasteiger charge is -2.17. The fraction of sp³-hybridized carbons (Fsp3) is 0.467. The predicted molar refractivity (Wildman–Crippen MR) is 100 cm³/mol. The predicted octanol–water partition coefficient (Wildman–Crippen LogP) is 3.87. The molecule has 1 saturated heterocycles. The van der Waals surface area contributed by atoms with Gasteiger partial charge in [-0.25, -0.2) is 4.98 Å². The average molecular weight is 435 g/mol. The number of halogens is 2. The Balaban J connectivity index is 0.00000156. The van der Waals surface area contributed by atoms with Crippen LogP contribution in [0.3, 0.4) is 0 Å². The van der Waals surface area contributed by atoms with Gasteiger partial charge in [0, 0.05) is 34.4 Å². The molecule has 1 amide bonds. The summed E-state index contributed by atoms with van der Waals surface area (Å²) < 4.78 is 1.05. The molecule has 2 aromatic heterocycles. The number of likely N-dealkylation sites (tertiary alicyclic amines) is 1. The standard InChI is InChI=1S/C15H16BrN3OS2.ClH/c16-9-3-13(21-6-9)14-18-12(7-22-14)15(20)19-4-8-1-2-11(17)10(8)5-19;/h3,6-8,10-11H,1-2,4-5,17H2;1H. The Labute approximate surface area is 157 Å². The van der Waals surface area contributed by atoms with Crippen molar-refractivity contribution in [2.24, 2.45) is 17.6 Å². The first-order chi connectivity index (χ1) is 10.6. The summed E-state index contributed by atoms with van der Waals surface area (Å²) in [6, 6.07) is 2.30. The van der Waals surface area contributed by atoms with Gasteiger partial charge < -0.3 is 10.6 Å². The highest BCUT2D eigenvalue weighted by atomic mass is 79.9. The Kier molecular flexibility index (Phi) is 5.13. The summed E-state index contributed by atoms with van der Waals surface area (Å²) in [7, 11) is 0. The minimum absolute atomic E-state index is 0. The highest BCUT2D eigenvalue weighted by molar-refractivity contribution is 9.10. The summed E-state index contributed by atoms with van der Waals surface area (Å²) in [6.45, 7) is 1.64. The third kappa shape index (κ3) is 3.22. The first-order valence-electron chi connectivity index (χ1n) is 7.36. The average Bonchev–Trinajstić information content (AvgIpc) is 3.23. The van der Waals surface area contributed by atoms with Gasteiger partial charge in [0.15, 0.2) is 0 Å². The second kappa shape index (κ2) is 6.80. The van der Waals surface area contributed by atoms with Crippen molar-refractivity contribution in [3.8, 4) is 9.88 Å². The summed E-state index contributed by atoms with van der Waals surface area (Å²) in [6.07, 6.45) is 2.26. The number of carbonyl (C=O) groups excluding carboxylic acids is 1. The van der Waals surface area contributed by atoms with Crippen LogP contribution >= 0.6 is 51.0 Å². The molecule has 4 nitrogen and oxygen atoms in total. The van der Waals surface area contributed by atoms with Gasteiger partial charge in [-0.1, -0.05) is 0 Å². The SMILES string of the molecule is Cl.NC1CCC2CN(C(=O)c3csc(-c4cc(Br)cs4)n3)CC12. The highest BCUT2D eigenvalue weighted by Crippen LogP contribution is 2.38. The normalized spacial score (nSPS) is 26.2. The minimum Gasteiger partial charge on any atom is -0.337 e. The molecule has 23 heavy (non-hydrogen) atoms. The highest BCUT2D eigenvalue weighted by Gasteiger charge is 2.42. The largest absolute Gasteiger partial charge is 0.337 e. The molecule has 0 spiro atoms. The number of rotatable bonds is 2. The molecule has 4 rings (SSSR count). The van der Waals surface area contributed by atoms with Crippen molar-refractivity contribution in [1.82, 2.24) is 9.88 Å². The molecule has 3 heterocycles. The van der Waals surface area contributed by atoms with Gasteiger partial charge in [-0.2, -0.15) is 0 Å². The fourth-order valence-corrected chi connectivity index (χ4v) is 5.85. The molecule has 1 saturated carbocycles. The molecular formula is C15H17BrClN3OS2. The molecule has 2 fully saturated rings. The molecule has 1 aliphatic heterocycles. The van der Waals surface area contributed by atoms with Gasteiger partial charge in [-0.15, -0.1) is 35.1 Å². The van der Waals surface area contributed by atoms with E-state index in [1.54, 1.807) is 11.3 Å². The van der Waals surface area contributed by atoms with Crippen LogP contribution in [0.1, 0.15) is 23.3 Å². The van der Waals surface area contributed by atoms with Crippen LogP contribution in [-0.4, -0.2) is 34.9 Å². The summed E-state index contributed by atoms with van der Waals surface area (Å²) in [5, 5.41) is 4.82. The number of hydrogen-bond donors (Lipinski definition) is 1. The van der Waals surface area contributed by atoms with Crippen molar-refractivity contribution in [3.63, 3.8) is 0 Å². The maximum Gasteiger partial charge on any atom is 0.273 e. The Hall–Kier alpha value is -0.470. The van der Waals surface area contributed by atoms with Gasteiger partial charge in [-0.3, -0.25) is 4.79 Å². The molecule has 1 aliphatic carbocycles. The molecular weight excluding hydrogens is 418 g/mol. The van der Waals surface area contributed by atoms with Crippen molar-refractivity contribution in [2.45, 2.75) is 18.9 Å². The van der Waals surface area contributed by atoms with Gasteiger partial charge >= 0.3 is 0 Å². The molecule has 124 valence electrons. The number of thiophene rings is 1. The van der Waals surface area contributed by atoms with Gasteiger partial charge in [-0.05, 0) is 46.7 Å². The van der Waals surface area contributed by atoms with Gasteiger partial charge in [0.05, 0.1) is 4.88 Å². The number of carbonyl (C=O) groups is 1. The van der Waals surface area contributed by atoms with E-state index in [4.69, 9.17) is 5.73 Å². The number of hydrogen-bond acceptors (Lipinski definition) is 5. The lowest BCUT2D eigenvalue weighted by molar-refractivity contribution is 0.0774. The van der Waals surface area contributed by atoms with Crippen molar-refractivity contribution in [2.75, 3.05) is 13.1 Å². The fourth-order valence-electron chi connectivity index (χ4n) is 3.55. The molecule has 2 aliphatic rings. The molecule has 3 atom stereocenters. The quantitative estimate of drug-likeness (QED) is 0.780. The van der Waals surface area contributed by atoms with Crippen LogP contribution in [0.25, 0.3) is 9.88 Å². The van der Waals surface area contributed by atoms with Crippen LogP contribution in [-0.2, 0) is 0 Å². The van der Waals surface area contributed by atoms with E-state index >= 15 is 0 Å². The van der Waals surface area contributed by atoms with Crippen LogP contribution in [0.15, 0.2) is 21.3 Å². The number of amides is 1. The summed E-state index contributed by atoms with van der Waals surface area (Å²) in [4.78, 5) is 20.2. The number of nitrogens with two attached hydrogens (primary N) is 1. The van der Waals surface area contributed by atoms with Crippen LogP contribution < -0.4 is 5.73 Å². The van der Waals surface area contributed by atoms with E-state index in [1.807, 2.05) is 21.7 Å². The van der Waals surface area contributed by atoms with Crippen molar-refractivity contribution < 1.29 is 4.79 Å². The van der Waals surface area contributed by atoms with E-state index in [-0.39, 0.29) is 24.4 Å². The number of fused-ring (bicyclic) bond motifs is 1. The smallest absolute Gasteiger partial charge is 0.273 e. The second-order valence-corrected chi connectivity index (χ2v) is 8.73. The Bertz CT molecular complexity index is 719. The van der Waals surface area contributed by atoms with E-state index < -0.39 is 0 Å². The van der Waals surface area contributed by atoms with Gasteiger partial charge in [0.25, 0.3) is 5.91 Å².